The third-order valence-corrected chi connectivity index (χ3v) is 4.71. The Hall–Kier alpha value is -2.51. The second-order valence-electron chi connectivity index (χ2n) is 5.71. The van der Waals surface area contributed by atoms with Gasteiger partial charge in [0.05, 0.1) is 35.3 Å². The fourth-order valence-corrected chi connectivity index (χ4v) is 3.40. The second kappa shape index (κ2) is 7.16. The summed E-state index contributed by atoms with van der Waals surface area (Å²) in [5.74, 6) is 0.795. The Morgan fingerprint density at radius 2 is 2.08 bits per heavy atom. The zero-order chi connectivity index (χ0) is 18.0. The largest absolute Gasteiger partial charge is 0.497 e. The zero-order valence-corrected chi connectivity index (χ0v) is 15.1. The summed E-state index contributed by atoms with van der Waals surface area (Å²) in [4.78, 5) is 16.3. The average Bonchev–Trinajstić information content (AvgIpc) is 3.18. The van der Waals surface area contributed by atoms with E-state index >= 15 is 0 Å². The Balaban J connectivity index is 1.97. The lowest BCUT2D eigenvalue weighted by molar-refractivity contribution is 0.112. The summed E-state index contributed by atoms with van der Waals surface area (Å²) in [6.45, 7) is 4.05. The Morgan fingerprint density at radius 1 is 1.36 bits per heavy atom. The van der Waals surface area contributed by atoms with Crippen molar-refractivity contribution in [1.29, 1.82) is 0 Å². The maximum atomic E-state index is 11.3. The molecule has 0 saturated carbocycles. The molecule has 3 rings (SSSR count). The molecule has 0 fully saturated rings. The Labute approximate surface area is 149 Å². The van der Waals surface area contributed by atoms with Gasteiger partial charge in [0.1, 0.15) is 11.4 Å². The van der Waals surface area contributed by atoms with Gasteiger partial charge in [-0.05, 0) is 31.5 Å². The Kier molecular flexibility index (Phi) is 4.96. The molecular weight excluding hydrogens is 338 g/mol. The van der Waals surface area contributed by atoms with Crippen LogP contribution in [0.25, 0.3) is 11.3 Å². The van der Waals surface area contributed by atoms with Gasteiger partial charge in [-0.1, -0.05) is 12.1 Å². The van der Waals surface area contributed by atoms with E-state index in [1.165, 1.54) is 11.3 Å². The molecule has 1 unspecified atom stereocenters. The van der Waals surface area contributed by atoms with Crippen molar-refractivity contribution in [1.82, 2.24) is 14.8 Å². The number of rotatable bonds is 6. The number of ether oxygens (including phenoxy) is 1. The number of nitrogens with zero attached hydrogens (tertiary/aromatic N) is 3. The molecule has 0 radical (unpaired) electrons. The van der Waals surface area contributed by atoms with Gasteiger partial charge in [0.15, 0.2) is 6.29 Å². The van der Waals surface area contributed by atoms with Crippen LogP contribution in [0.1, 0.15) is 39.0 Å². The standard InChI is InChI=1S/C18H19N3O3S/c1-11(23)17-15(18-16(10-22)25-12(2)19-18)9-21(20-17)8-13-4-6-14(24-3)7-5-13/h4-7,9-11,23H,8H2,1-3H3. The third-order valence-electron chi connectivity index (χ3n) is 3.81. The first-order chi connectivity index (χ1) is 12.0. The summed E-state index contributed by atoms with van der Waals surface area (Å²) in [7, 11) is 1.63. The molecule has 0 aliphatic carbocycles. The first-order valence-electron chi connectivity index (χ1n) is 7.83. The highest BCUT2D eigenvalue weighted by Gasteiger charge is 2.20. The summed E-state index contributed by atoms with van der Waals surface area (Å²) >= 11 is 1.34. The molecule has 7 heteroatoms. The van der Waals surface area contributed by atoms with Gasteiger partial charge < -0.3 is 9.84 Å². The van der Waals surface area contributed by atoms with Crippen LogP contribution >= 0.6 is 11.3 Å². The van der Waals surface area contributed by atoms with E-state index in [1.807, 2.05) is 37.4 Å². The van der Waals surface area contributed by atoms with Crippen molar-refractivity contribution in [2.75, 3.05) is 7.11 Å². The highest BCUT2D eigenvalue weighted by molar-refractivity contribution is 7.13. The number of methoxy groups -OCH3 is 1. The summed E-state index contributed by atoms with van der Waals surface area (Å²) < 4.78 is 6.92. The van der Waals surface area contributed by atoms with Gasteiger partial charge in [-0.2, -0.15) is 5.10 Å². The molecule has 0 spiro atoms. The van der Waals surface area contributed by atoms with Crippen molar-refractivity contribution < 1.29 is 14.6 Å². The van der Waals surface area contributed by atoms with Crippen LogP contribution in [0.5, 0.6) is 5.75 Å². The van der Waals surface area contributed by atoms with Gasteiger partial charge in [-0.25, -0.2) is 4.98 Å². The van der Waals surface area contributed by atoms with Gasteiger partial charge in [0.2, 0.25) is 0 Å². The molecule has 0 bridgehead atoms. The third kappa shape index (κ3) is 3.62. The highest BCUT2D eigenvalue weighted by atomic mass is 32.1. The topological polar surface area (TPSA) is 77.2 Å². The lowest BCUT2D eigenvalue weighted by Crippen LogP contribution is -2.02. The number of aliphatic hydroxyl groups is 1. The normalized spacial score (nSPS) is 12.2. The predicted octanol–water partition coefficient (Wildman–Crippen LogP) is 3.24. The first-order valence-corrected chi connectivity index (χ1v) is 8.64. The van der Waals surface area contributed by atoms with E-state index in [-0.39, 0.29) is 0 Å². The molecule has 3 aromatic rings. The minimum Gasteiger partial charge on any atom is -0.497 e. The molecule has 6 nitrogen and oxygen atoms in total. The monoisotopic (exact) mass is 357 g/mol. The maximum Gasteiger partial charge on any atom is 0.162 e. The van der Waals surface area contributed by atoms with Crippen molar-refractivity contribution in [3.05, 3.63) is 51.6 Å². The van der Waals surface area contributed by atoms with Crippen LogP contribution < -0.4 is 4.74 Å². The number of hydrogen-bond acceptors (Lipinski definition) is 6. The van der Waals surface area contributed by atoms with E-state index in [0.717, 1.165) is 22.6 Å². The Morgan fingerprint density at radius 3 is 2.68 bits per heavy atom. The molecule has 25 heavy (non-hydrogen) atoms. The van der Waals surface area contributed by atoms with Crippen molar-refractivity contribution in [2.24, 2.45) is 0 Å². The van der Waals surface area contributed by atoms with E-state index in [9.17, 15) is 9.90 Å². The molecule has 0 saturated heterocycles. The number of thiazole rings is 1. The molecular formula is C18H19N3O3S. The molecule has 1 N–H and O–H groups in total. The first kappa shape index (κ1) is 17.3. The van der Waals surface area contributed by atoms with E-state index in [4.69, 9.17) is 4.74 Å². The minimum atomic E-state index is -0.756. The van der Waals surface area contributed by atoms with Gasteiger partial charge >= 0.3 is 0 Å². The van der Waals surface area contributed by atoms with Gasteiger partial charge in [0.25, 0.3) is 0 Å². The second-order valence-corrected chi connectivity index (χ2v) is 6.95. The van der Waals surface area contributed by atoms with E-state index in [1.54, 1.807) is 18.7 Å². The number of hydrogen-bond donors (Lipinski definition) is 1. The molecule has 0 amide bonds. The van der Waals surface area contributed by atoms with Crippen LogP contribution in [-0.4, -0.2) is 33.3 Å². The molecule has 0 aliphatic rings. The van der Waals surface area contributed by atoms with Gasteiger partial charge in [-0.3, -0.25) is 9.48 Å². The lowest BCUT2D eigenvalue weighted by Gasteiger charge is -2.04. The summed E-state index contributed by atoms with van der Waals surface area (Å²) in [6, 6.07) is 7.71. The minimum absolute atomic E-state index is 0.516. The summed E-state index contributed by atoms with van der Waals surface area (Å²) in [5, 5.41) is 15.4. The number of carbonyl (C=O) groups is 1. The van der Waals surface area contributed by atoms with Crippen LogP contribution in [0.4, 0.5) is 0 Å². The van der Waals surface area contributed by atoms with Gasteiger partial charge in [-0.15, -0.1) is 11.3 Å². The lowest BCUT2D eigenvalue weighted by atomic mass is 10.1. The number of benzene rings is 1. The fourth-order valence-electron chi connectivity index (χ4n) is 2.64. The number of aliphatic hydroxyl groups excluding tert-OH is 1. The maximum absolute atomic E-state index is 11.3. The van der Waals surface area contributed by atoms with Crippen molar-refractivity contribution in [3.63, 3.8) is 0 Å². The average molecular weight is 357 g/mol. The summed E-state index contributed by atoms with van der Waals surface area (Å²) in [5.41, 5.74) is 2.84. The quantitative estimate of drug-likeness (QED) is 0.685. The van der Waals surface area contributed by atoms with Crippen molar-refractivity contribution in [2.45, 2.75) is 26.5 Å². The number of aromatic nitrogens is 3. The SMILES string of the molecule is COc1ccc(Cn2cc(-c3nc(C)sc3C=O)c(C(C)O)n2)cc1. The van der Waals surface area contributed by atoms with Gasteiger partial charge in [0, 0.05) is 11.8 Å². The molecule has 2 aromatic heterocycles. The highest BCUT2D eigenvalue weighted by Crippen LogP contribution is 2.32. The fraction of sp³-hybridized carbons (Fsp3) is 0.278. The van der Waals surface area contributed by atoms with E-state index in [0.29, 0.717) is 28.4 Å². The smallest absolute Gasteiger partial charge is 0.162 e. The van der Waals surface area contributed by atoms with E-state index in [2.05, 4.69) is 10.1 Å². The predicted molar refractivity (Wildman–Crippen MR) is 96.2 cm³/mol. The number of aldehydes is 1. The Bertz CT molecular complexity index is 882. The molecule has 130 valence electrons. The van der Waals surface area contributed by atoms with Crippen LogP contribution in [0.2, 0.25) is 0 Å². The van der Waals surface area contributed by atoms with Crippen LogP contribution in [0.3, 0.4) is 0 Å². The summed E-state index contributed by atoms with van der Waals surface area (Å²) in [6.07, 6.45) is 1.87. The van der Waals surface area contributed by atoms with Crippen LogP contribution in [0, 0.1) is 6.92 Å². The number of aryl methyl sites for hydroxylation is 1. The number of carbonyl (C=O) groups excluding carboxylic acids is 1. The van der Waals surface area contributed by atoms with Crippen LogP contribution in [-0.2, 0) is 6.54 Å². The zero-order valence-electron chi connectivity index (χ0n) is 14.3. The van der Waals surface area contributed by atoms with Crippen molar-refractivity contribution >= 4 is 17.6 Å². The molecule has 1 atom stereocenters. The molecule has 1 aromatic carbocycles. The van der Waals surface area contributed by atoms with E-state index < -0.39 is 6.10 Å². The van der Waals surface area contributed by atoms with Crippen LogP contribution in [0.15, 0.2) is 30.5 Å². The van der Waals surface area contributed by atoms with Crippen molar-refractivity contribution in [3.8, 4) is 17.0 Å². The molecule has 0 aliphatic heterocycles. The molecule has 2 heterocycles.